The molecule has 2 aromatic carbocycles. The van der Waals surface area contributed by atoms with E-state index in [4.69, 9.17) is 10.9 Å². The fraction of sp³-hybridized carbons (Fsp3) is 0.200. The Hall–Kier alpha value is -2.05. The number of hydrogen-bond acceptors (Lipinski definition) is 4. The van der Waals surface area contributed by atoms with Crippen molar-refractivity contribution in [1.29, 1.82) is 0 Å². The van der Waals surface area contributed by atoms with E-state index in [2.05, 4.69) is 19.2 Å². The minimum atomic E-state index is -3.85. The highest BCUT2D eigenvalue weighted by Crippen LogP contribution is 2.27. The molecule has 5 nitrogen and oxygen atoms in total. The molecule has 0 radical (unpaired) electrons. The third kappa shape index (κ3) is 3.74. The van der Waals surface area contributed by atoms with E-state index < -0.39 is 10.0 Å². The Bertz CT molecular complexity index is 755. The van der Waals surface area contributed by atoms with Gasteiger partial charge in [0.05, 0.1) is 5.69 Å². The van der Waals surface area contributed by atoms with Crippen LogP contribution in [-0.2, 0) is 10.0 Å². The number of sulfonamides is 1. The van der Waals surface area contributed by atoms with Gasteiger partial charge in [-0.15, -0.1) is 0 Å². The zero-order chi connectivity index (χ0) is 15.6. The molecule has 0 heterocycles. The van der Waals surface area contributed by atoms with Crippen LogP contribution in [0.25, 0.3) is 0 Å². The van der Waals surface area contributed by atoms with Crippen LogP contribution in [0.1, 0.15) is 25.3 Å². The smallest absolute Gasteiger partial charge is 0.240 e. The molecule has 21 heavy (non-hydrogen) atoms. The summed E-state index contributed by atoms with van der Waals surface area (Å²) in [4.78, 5) is -0.0162. The summed E-state index contributed by atoms with van der Waals surface area (Å²) in [5.74, 6) is 0.385. The van der Waals surface area contributed by atoms with Crippen molar-refractivity contribution in [3.63, 3.8) is 0 Å². The lowest BCUT2D eigenvalue weighted by molar-refractivity contribution is 0.598. The fourth-order valence-electron chi connectivity index (χ4n) is 2.01. The molecule has 112 valence electrons. The Morgan fingerprint density at radius 3 is 2.43 bits per heavy atom. The molecule has 5 N–H and O–H groups in total. The van der Waals surface area contributed by atoms with Crippen LogP contribution >= 0.6 is 0 Å². The highest BCUT2D eigenvalue weighted by molar-refractivity contribution is 7.89. The summed E-state index contributed by atoms with van der Waals surface area (Å²) >= 11 is 0. The van der Waals surface area contributed by atoms with Crippen LogP contribution in [0.5, 0.6) is 0 Å². The highest BCUT2D eigenvalue weighted by atomic mass is 32.2. The van der Waals surface area contributed by atoms with Crippen molar-refractivity contribution in [2.45, 2.75) is 24.7 Å². The first-order chi connectivity index (χ1) is 9.77. The zero-order valence-corrected chi connectivity index (χ0v) is 12.8. The number of rotatable bonds is 4. The van der Waals surface area contributed by atoms with Gasteiger partial charge >= 0.3 is 0 Å². The van der Waals surface area contributed by atoms with Gasteiger partial charge in [-0.05, 0) is 41.8 Å². The molecule has 0 aromatic heterocycles. The summed E-state index contributed by atoms with van der Waals surface area (Å²) in [6.07, 6.45) is 0. The van der Waals surface area contributed by atoms with E-state index in [1.165, 1.54) is 6.07 Å². The van der Waals surface area contributed by atoms with E-state index in [0.717, 1.165) is 11.3 Å². The number of anilines is 3. The second-order valence-corrected chi connectivity index (χ2v) is 6.74. The first-order valence-electron chi connectivity index (χ1n) is 6.56. The first-order valence-corrected chi connectivity index (χ1v) is 8.11. The van der Waals surface area contributed by atoms with Crippen LogP contribution in [0.3, 0.4) is 0 Å². The molecule has 2 aromatic rings. The lowest BCUT2D eigenvalue weighted by Crippen LogP contribution is -2.14. The lowest BCUT2D eigenvalue weighted by Gasteiger charge is -2.13. The number of primary sulfonamides is 1. The van der Waals surface area contributed by atoms with Crippen molar-refractivity contribution in [2.75, 3.05) is 11.1 Å². The van der Waals surface area contributed by atoms with Crippen LogP contribution in [0, 0.1) is 0 Å². The normalized spacial score (nSPS) is 11.6. The SMILES string of the molecule is CC(C)c1cccc(Nc2ccc(N)cc2S(N)(=O)=O)c1. The molecule has 0 saturated carbocycles. The summed E-state index contributed by atoms with van der Waals surface area (Å²) in [6, 6.07) is 12.4. The van der Waals surface area contributed by atoms with Crippen molar-refractivity contribution in [1.82, 2.24) is 0 Å². The Kier molecular flexibility index (Phi) is 4.20. The largest absolute Gasteiger partial charge is 0.399 e. The van der Waals surface area contributed by atoms with E-state index in [1.807, 2.05) is 24.3 Å². The minimum absolute atomic E-state index is 0.0162. The van der Waals surface area contributed by atoms with Crippen LogP contribution in [0.2, 0.25) is 0 Å². The van der Waals surface area contributed by atoms with Crippen LogP contribution in [-0.4, -0.2) is 8.42 Å². The molecule has 0 unspecified atom stereocenters. The average Bonchev–Trinajstić information content (AvgIpc) is 2.40. The van der Waals surface area contributed by atoms with Gasteiger partial charge in [0.2, 0.25) is 10.0 Å². The Labute approximate surface area is 125 Å². The minimum Gasteiger partial charge on any atom is -0.399 e. The topological polar surface area (TPSA) is 98.2 Å². The maximum Gasteiger partial charge on any atom is 0.240 e. The number of benzene rings is 2. The lowest BCUT2D eigenvalue weighted by atomic mass is 10.0. The molecule has 2 rings (SSSR count). The molecule has 6 heteroatoms. The predicted molar refractivity (Wildman–Crippen MR) is 86.0 cm³/mol. The van der Waals surface area contributed by atoms with Gasteiger partial charge in [-0.3, -0.25) is 0 Å². The van der Waals surface area contributed by atoms with Crippen molar-refractivity contribution >= 4 is 27.1 Å². The van der Waals surface area contributed by atoms with Crippen molar-refractivity contribution in [3.05, 3.63) is 48.0 Å². The molecular formula is C15H19N3O2S. The molecule has 0 atom stereocenters. The van der Waals surface area contributed by atoms with Gasteiger partial charge in [0, 0.05) is 11.4 Å². The number of nitrogens with one attached hydrogen (secondary N) is 1. The summed E-state index contributed by atoms with van der Waals surface area (Å²) < 4.78 is 23.3. The molecule has 0 aliphatic carbocycles. The maximum atomic E-state index is 11.7. The number of hydrogen-bond donors (Lipinski definition) is 3. The van der Waals surface area contributed by atoms with Crippen LogP contribution < -0.4 is 16.2 Å². The molecule has 0 spiro atoms. The van der Waals surface area contributed by atoms with E-state index in [0.29, 0.717) is 17.3 Å². The third-order valence-electron chi connectivity index (χ3n) is 3.14. The summed E-state index contributed by atoms with van der Waals surface area (Å²) in [6.45, 7) is 4.19. The molecule has 0 aliphatic heterocycles. The van der Waals surface area contributed by atoms with Gasteiger partial charge < -0.3 is 11.1 Å². The van der Waals surface area contributed by atoms with Crippen LogP contribution in [0.4, 0.5) is 17.1 Å². The highest BCUT2D eigenvalue weighted by Gasteiger charge is 2.14. The van der Waals surface area contributed by atoms with Crippen molar-refractivity contribution in [3.8, 4) is 0 Å². The predicted octanol–water partition coefficient (Wildman–Crippen LogP) is 2.78. The molecule has 0 aliphatic rings. The number of nitrogen functional groups attached to an aromatic ring is 1. The van der Waals surface area contributed by atoms with Gasteiger partial charge in [-0.25, -0.2) is 13.6 Å². The van der Waals surface area contributed by atoms with Gasteiger partial charge in [0.15, 0.2) is 0 Å². The van der Waals surface area contributed by atoms with E-state index in [1.54, 1.807) is 12.1 Å². The van der Waals surface area contributed by atoms with E-state index in [9.17, 15) is 8.42 Å². The molecule has 0 fully saturated rings. The average molecular weight is 305 g/mol. The van der Waals surface area contributed by atoms with Gasteiger partial charge in [-0.1, -0.05) is 26.0 Å². The maximum absolute atomic E-state index is 11.7. The van der Waals surface area contributed by atoms with Crippen LogP contribution in [0.15, 0.2) is 47.4 Å². The van der Waals surface area contributed by atoms with E-state index in [-0.39, 0.29) is 4.90 Å². The molecule has 0 bridgehead atoms. The fourth-order valence-corrected chi connectivity index (χ4v) is 2.73. The van der Waals surface area contributed by atoms with Gasteiger partial charge in [0.1, 0.15) is 4.90 Å². The van der Waals surface area contributed by atoms with E-state index >= 15 is 0 Å². The number of nitrogens with two attached hydrogens (primary N) is 2. The Morgan fingerprint density at radius 2 is 1.81 bits per heavy atom. The summed E-state index contributed by atoms with van der Waals surface area (Å²) in [5.41, 5.74) is 8.35. The van der Waals surface area contributed by atoms with Gasteiger partial charge in [-0.2, -0.15) is 0 Å². The zero-order valence-electron chi connectivity index (χ0n) is 12.0. The molecule has 0 saturated heterocycles. The second-order valence-electron chi connectivity index (χ2n) is 5.21. The van der Waals surface area contributed by atoms with Gasteiger partial charge in [0.25, 0.3) is 0 Å². The Balaban J connectivity index is 2.43. The third-order valence-corrected chi connectivity index (χ3v) is 4.10. The standard InChI is InChI=1S/C15H19N3O2S/c1-10(2)11-4-3-5-13(8-11)18-14-7-6-12(16)9-15(14)21(17,19)20/h3-10,18H,16H2,1-2H3,(H2,17,19,20). The summed E-state index contributed by atoms with van der Waals surface area (Å²) in [5, 5.41) is 8.32. The monoisotopic (exact) mass is 305 g/mol. The molecule has 0 amide bonds. The summed E-state index contributed by atoms with van der Waals surface area (Å²) in [7, 11) is -3.85. The van der Waals surface area contributed by atoms with Crippen molar-refractivity contribution < 1.29 is 8.42 Å². The quantitative estimate of drug-likeness (QED) is 0.756. The Morgan fingerprint density at radius 1 is 1.10 bits per heavy atom. The first kappa shape index (κ1) is 15.3. The second kappa shape index (κ2) is 5.75. The molecular weight excluding hydrogens is 286 g/mol. The van der Waals surface area contributed by atoms with Crippen molar-refractivity contribution in [2.24, 2.45) is 5.14 Å².